The van der Waals surface area contributed by atoms with Gasteiger partial charge in [0.25, 0.3) is 0 Å². The third kappa shape index (κ3) is 8.10. The Bertz CT molecular complexity index is 888. The quantitative estimate of drug-likeness (QED) is 0.309. The van der Waals surface area contributed by atoms with Crippen LogP contribution in [0, 0.1) is 6.92 Å². The highest BCUT2D eigenvalue weighted by Gasteiger charge is 2.19. The summed E-state index contributed by atoms with van der Waals surface area (Å²) in [6.07, 6.45) is 1.57. The number of nitrogens with zero attached hydrogens (tertiary/aromatic N) is 1. The van der Waals surface area contributed by atoms with Gasteiger partial charge in [0.1, 0.15) is 18.1 Å². The van der Waals surface area contributed by atoms with Crippen molar-refractivity contribution in [2.24, 2.45) is 0 Å². The fourth-order valence-electron chi connectivity index (χ4n) is 2.66. The number of benzene rings is 1. The number of pyridine rings is 1. The third-order valence-electron chi connectivity index (χ3n) is 4.29. The summed E-state index contributed by atoms with van der Waals surface area (Å²) in [7, 11) is -4.70. The zero-order valence-corrected chi connectivity index (χ0v) is 17.3. The molecular formula is C19H25N2O8P. The van der Waals surface area contributed by atoms with Crippen molar-refractivity contribution in [3.8, 4) is 11.5 Å². The normalized spacial score (nSPS) is 12.5. The van der Waals surface area contributed by atoms with Gasteiger partial charge in [-0.3, -0.25) is 14.3 Å². The van der Waals surface area contributed by atoms with E-state index in [0.29, 0.717) is 22.6 Å². The number of phosphoric ester groups is 1. The molecule has 11 heteroatoms. The van der Waals surface area contributed by atoms with Gasteiger partial charge in [0, 0.05) is 36.3 Å². The molecule has 1 heterocycles. The topological polar surface area (TPSA) is 158 Å². The molecule has 0 radical (unpaired) electrons. The summed E-state index contributed by atoms with van der Waals surface area (Å²) in [6, 6.07) is 8.70. The number of carbonyl (C=O) groups is 1. The maximum Gasteiger partial charge on any atom is 0.469 e. The lowest BCUT2D eigenvalue weighted by atomic mass is 10.1. The molecule has 0 amide bonds. The molecule has 30 heavy (non-hydrogen) atoms. The number of ether oxygens (including phenoxy) is 1. The van der Waals surface area contributed by atoms with Gasteiger partial charge in [-0.05, 0) is 25.5 Å². The number of aryl methyl sites for hydroxylation is 1. The zero-order chi connectivity index (χ0) is 22.1. The predicted molar refractivity (Wildman–Crippen MR) is 107 cm³/mol. The average molecular weight is 440 g/mol. The molecule has 0 aliphatic rings. The molecule has 0 unspecified atom stereocenters. The smallest absolute Gasteiger partial charge is 0.469 e. The lowest BCUT2D eigenvalue weighted by Gasteiger charge is -2.21. The van der Waals surface area contributed by atoms with Crippen molar-refractivity contribution < 1.29 is 38.6 Å². The van der Waals surface area contributed by atoms with Gasteiger partial charge in [-0.15, -0.1) is 0 Å². The lowest BCUT2D eigenvalue weighted by Crippen LogP contribution is -2.35. The van der Waals surface area contributed by atoms with Crippen LogP contribution in [0.3, 0.4) is 0 Å². The van der Waals surface area contributed by atoms with Gasteiger partial charge in [0.05, 0.1) is 12.3 Å². The van der Waals surface area contributed by atoms with Gasteiger partial charge in [-0.1, -0.05) is 18.2 Å². The Labute approximate surface area is 173 Å². The van der Waals surface area contributed by atoms with Crippen LogP contribution in [0.5, 0.6) is 11.5 Å². The molecular weight excluding hydrogens is 415 g/mol. The summed E-state index contributed by atoms with van der Waals surface area (Å²) in [5, 5.41) is 22.5. The number of para-hydroxylation sites is 1. The van der Waals surface area contributed by atoms with Gasteiger partial charge in [-0.2, -0.15) is 0 Å². The average Bonchev–Trinajstić information content (AvgIpc) is 2.69. The Balaban J connectivity index is 2.10. The van der Waals surface area contributed by atoms with Crippen molar-refractivity contribution in [3.63, 3.8) is 0 Å². The van der Waals surface area contributed by atoms with E-state index in [1.807, 2.05) is 18.2 Å². The number of nitrogens with one attached hydrogen (secondary N) is 1. The largest absolute Gasteiger partial charge is 0.506 e. The Hall–Kier alpha value is -2.49. The van der Waals surface area contributed by atoms with Crippen molar-refractivity contribution in [2.45, 2.75) is 39.0 Å². The van der Waals surface area contributed by atoms with Gasteiger partial charge >= 0.3 is 13.8 Å². The van der Waals surface area contributed by atoms with Crippen molar-refractivity contribution >= 4 is 13.8 Å². The van der Waals surface area contributed by atoms with Gasteiger partial charge in [-0.25, -0.2) is 4.57 Å². The van der Waals surface area contributed by atoms with Crippen molar-refractivity contribution in [3.05, 3.63) is 53.3 Å². The maximum absolute atomic E-state index is 11.0. The molecule has 1 atom stereocenters. The standard InChI is InChI=1S/C19H25N2O8P/c1-13-19(24)17(14(9-20-13)11-29-30(25,26)27)10-21-15(7-8-18(22)23)12-28-16-5-3-2-4-6-16/h2-6,9,15,21,24H,7-8,10-12H2,1H3,(H,22,23)(H2,25,26,27)/t15-/m0/s1. The van der Waals surface area contributed by atoms with E-state index in [0.717, 1.165) is 0 Å². The molecule has 1 aromatic heterocycles. The second kappa shape index (κ2) is 11.1. The van der Waals surface area contributed by atoms with E-state index in [1.165, 1.54) is 6.20 Å². The first kappa shape index (κ1) is 23.8. The summed E-state index contributed by atoms with van der Waals surface area (Å²) in [5.74, 6) is -0.437. The molecule has 0 fully saturated rings. The molecule has 0 saturated heterocycles. The molecule has 164 valence electrons. The fraction of sp³-hybridized carbons (Fsp3) is 0.368. The molecule has 0 aliphatic heterocycles. The first-order valence-corrected chi connectivity index (χ1v) is 10.7. The van der Waals surface area contributed by atoms with Crippen molar-refractivity contribution in [1.82, 2.24) is 10.3 Å². The number of hydrogen-bond donors (Lipinski definition) is 5. The molecule has 5 N–H and O–H groups in total. The Morgan fingerprint density at radius 1 is 1.27 bits per heavy atom. The van der Waals surface area contributed by atoms with Crippen LogP contribution >= 0.6 is 7.82 Å². The summed E-state index contributed by atoms with van der Waals surface area (Å²) in [5.41, 5.74) is 1.00. The van der Waals surface area contributed by atoms with E-state index in [-0.39, 0.29) is 37.8 Å². The van der Waals surface area contributed by atoms with E-state index in [9.17, 15) is 14.5 Å². The van der Waals surface area contributed by atoms with Crippen molar-refractivity contribution in [1.29, 1.82) is 0 Å². The first-order valence-electron chi connectivity index (χ1n) is 9.15. The molecule has 0 spiro atoms. The van der Waals surface area contributed by atoms with Crippen LogP contribution in [0.1, 0.15) is 29.7 Å². The summed E-state index contributed by atoms with van der Waals surface area (Å²) < 4.78 is 21.2. The summed E-state index contributed by atoms with van der Waals surface area (Å²) >= 11 is 0. The number of carboxylic acid groups (broad SMARTS) is 1. The fourth-order valence-corrected chi connectivity index (χ4v) is 2.97. The van der Waals surface area contributed by atoms with Crippen LogP contribution < -0.4 is 10.1 Å². The number of aliphatic carboxylic acids is 1. The molecule has 2 rings (SSSR count). The van der Waals surface area contributed by atoms with Gasteiger partial charge < -0.3 is 30.1 Å². The van der Waals surface area contributed by atoms with E-state index >= 15 is 0 Å². The monoisotopic (exact) mass is 440 g/mol. The highest BCUT2D eigenvalue weighted by molar-refractivity contribution is 7.46. The minimum absolute atomic E-state index is 0.0780. The molecule has 0 bridgehead atoms. The Kier molecular flexibility index (Phi) is 8.76. The molecule has 2 aromatic rings. The Morgan fingerprint density at radius 3 is 2.60 bits per heavy atom. The van der Waals surface area contributed by atoms with E-state index in [2.05, 4.69) is 14.8 Å². The van der Waals surface area contributed by atoms with Crippen molar-refractivity contribution in [2.75, 3.05) is 6.61 Å². The number of phosphoric acid groups is 1. The SMILES string of the molecule is Cc1ncc(COP(=O)(O)O)c(CN[C@@H](CCC(=O)O)COc2ccccc2)c1O. The summed E-state index contributed by atoms with van der Waals surface area (Å²) in [4.78, 5) is 32.8. The predicted octanol–water partition coefficient (Wildman–Crippen LogP) is 2.11. The second-order valence-corrected chi connectivity index (χ2v) is 7.83. The van der Waals surface area contributed by atoms with Crippen LogP contribution in [0.2, 0.25) is 0 Å². The molecule has 10 nitrogen and oxygen atoms in total. The number of rotatable bonds is 12. The summed E-state index contributed by atoms with van der Waals surface area (Å²) in [6.45, 7) is 1.43. The minimum Gasteiger partial charge on any atom is -0.506 e. The van der Waals surface area contributed by atoms with Crippen LogP contribution in [0.4, 0.5) is 0 Å². The third-order valence-corrected chi connectivity index (χ3v) is 4.75. The molecule has 1 aromatic carbocycles. The molecule has 0 aliphatic carbocycles. The number of aromatic nitrogens is 1. The van der Waals surface area contributed by atoms with E-state index in [4.69, 9.17) is 19.6 Å². The number of aromatic hydroxyl groups is 1. The number of hydrogen-bond acceptors (Lipinski definition) is 7. The van der Waals surface area contributed by atoms with Crippen LogP contribution in [-0.4, -0.2) is 43.6 Å². The van der Waals surface area contributed by atoms with Crippen LogP contribution in [0.15, 0.2) is 36.5 Å². The first-order chi connectivity index (χ1) is 14.2. The molecule has 0 saturated carbocycles. The van der Waals surface area contributed by atoms with Crippen LogP contribution in [0.25, 0.3) is 0 Å². The van der Waals surface area contributed by atoms with E-state index < -0.39 is 20.4 Å². The van der Waals surface area contributed by atoms with Gasteiger partial charge in [0.15, 0.2) is 0 Å². The van der Waals surface area contributed by atoms with E-state index in [1.54, 1.807) is 19.1 Å². The maximum atomic E-state index is 11.0. The lowest BCUT2D eigenvalue weighted by molar-refractivity contribution is -0.137. The second-order valence-electron chi connectivity index (χ2n) is 6.59. The zero-order valence-electron chi connectivity index (χ0n) is 16.4. The van der Waals surface area contributed by atoms with Gasteiger partial charge in [0.2, 0.25) is 0 Å². The highest BCUT2D eigenvalue weighted by Crippen LogP contribution is 2.38. The Morgan fingerprint density at radius 2 is 1.97 bits per heavy atom. The highest BCUT2D eigenvalue weighted by atomic mass is 31.2. The van der Waals surface area contributed by atoms with Crippen LogP contribution in [-0.2, 0) is 27.0 Å². The number of carboxylic acids is 1. The minimum atomic E-state index is -4.70.